The fraction of sp³-hybridized carbons (Fsp3) is 0.435. The highest BCUT2D eigenvalue weighted by molar-refractivity contribution is 7.89. The Bertz CT molecular complexity index is 1050. The smallest absolute Gasteiger partial charge is 0.257 e. The molecule has 1 N–H and O–H groups in total. The fourth-order valence-electron chi connectivity index (χ4n) is 4.00. The van der Waals surface area contributed by atoms with Crippen molar-refractivity contribution >= 4 is 33.2 Å². The average Bonchev–Trinajstić information content (AvgIpc) is 2.82. The van der Waals surface area contributed by atoms with Crippen LogP contribution in [0.3, 0.4) is 0 Å². The lowest BCUT2D eigenvalue weighted by Gasteiger charge is -2.26. The maximum absolute atomic E-state index is 13.0. The summed E-state index contributed by atoms with van der Waals surface area (Å²) in [5.41, 5.74) is 1.92. The summed E-state index contributed by atoms with van der Waals surface area (Å²) in [6, 6.07) is 11.9. The van der Waals surface area contributed by atoms with E-state index in [-0.39, 0.29) is 15.5 Å². The number of carbonyl (C=O) groups is 1. The first-order chi connectivity index (χ1) is 15.4. The van der Waals surface area contributed by atoms with Gasteiger partial charge in [0.1, 0.15) is 0 Å². The Kier molecular flexibility index (Phi) is 7.48. The van der Waals surface area contributed by atoms with Crippen molar-refractivity contribution in [2.75, 3.05) is 44.7 Å². The molecule has 172 valence electrons. The quantitative estimate of drug-likeness (QED) is 0.687. The van der Waals surface area contributed by atoms with Crippen LogP contribution in [0.4, 0.5) is 5.69 Å². The monoisotopic (exact) mass is 477 g/mol. The molecule has 2 heterocycles. The van der Waals surface area contributed by atoms with Crippen LogP contribution in [0.5, 0.6) is 0 Å². The summed E-state index contributed by atoms with van der Waals surface area (Å²) in [5.74, 6) is -0.438. The number of ether oxygens (including phenoxy) is 1. The van der Waals surface area contributed by atoms with Crippen LogP contribution in [-0.2, 0) is 21.3 Å². The van der Waals surface area contributed by atoms with Crippen LogP contribution in [0.15, 0.2) is 47.4 Å². The van der Waals surface area contributed by atoms with E-state index in [1.54, 1.807) is 0 Å². The van der Waals surface area contributed by atoms with Crippen molar-refractivity contribution in [3.05, 3.63) is 58.6 Å². The Morgan fingerprint density at radius 2 is 1.66 bits per heavy atom. The van der Waals surface area contributed by atoms with E-state index in [2.05, 4.69) is 10.2 Å². The van der Waals surface area contributed by atoms with Gasteiger partial charge in [-0.15, -0.1) is 0 Å². The molecule has 0 aliphatic carbocycles. The number of halogens is 1. The predicted octanol–water partition coefficient (Wildman–Crippen LogP) is 3.60. The number of anilines is 1. The van der Waals surface area contributed by atoms with Gasteiger partial charge in [-0.2, -0.15) is 4.31 Å². The molecule has 32 heavy (non-hydrogen) atoms. The normalized spacial score (nSPS) is 18.4. The molecule has 0 atom stereocenters. The Labute approximate surface area is 194 Å². The van der Waals surface area contributed by atoms with Gasteiger partial charge in [-0.1, -0.05) is 30.2 Å². The number of hydrogen-bond donors (Lipinski definition) is 1. The minimum absolute atomic E-state index is 0.0924. The van der Waals surface area contributed by atoms with Gasteiger partial charge >= 0.3 is 0 Å². The summed E-state index contributed by atoms with van der Waals surface area (Å²) >= 11 is 6.24. The molecule has 2 aromatic carbocycles. The molecule has 0 unspecified atom stereocenters. The zero-order valence-electron chi connectivity index (χ0n) is 17.9. The molecule has 0 saturated carbocycles. The molecule has 4 rings (SSSR count). The highest BCUT2D eigenvalue weighted by Crippen LogP contribution is 2.26. The van der Waals surface area contributed by atoms with E-state index in [1.165, 1.54) is 22.5 Å². The highest BCUT2D eigenvalue weighted by Gasteiger charge is 2.27. The van der Waals surface area contributed by atoms with E-state index in [1.807, 2.05) is 24.3 Å². The van der Waals surface area contributed by atoms with Crippen molar-refractivity contribution in [1.29, 1.82) is 0 Å². The SMILES string of the molecule is O=C(Nc1ccc(CN2CCOCC2)cc1)c1cc(S(=O)(=O)N2CCCCC2)ccc1Cl. The molecule has 0 aromatic heterocycles. The number of amides is 1. The second kappa shape index (κ2) is 10.3. The first-order valence-corrected chi connectivity index (χ1v) is 12.8. The van der Waals surface area contributed by atoms with Gasteiger partial charge in [-0.05, 0) is 48.7 Å². The van der Waals surface area contributed by atoms with Gasteiger partial charge in [0.25, 0.3) is 5.91 Å². The summed E-state index contributed by atoms with van der Waals surface area (Å²) in [6.45, 7) is 5.16. The first-order valence-electron chi connectivity index (χ1n) is 10.9. The zero-order valence-corrected chi connectivity index (χ0v) is 19.5. The molecule has 7 nitrogen and oxygen atoms in total. The standard InChI is InChI=1S/C23H28ClN3O4S/c24-22-9-8-20(32(29,30)27-10-2-1-3-11-27)16-21(22)23(28)25-19-6-4-18(5-7-19)17-26-12-14-31-15-13-26/h4-9,16H,1-3,10-15,17H2,(H,25,28). The van der Waals surface area contributed by atoms with Crippen molar-refractivity contribution in [2.45, 2.75) is 30.7 Å². The van der Waals surface area contributed by atoms with Crippen LogP contribution in [0.2, 0.25) is 5.02 Å². The molecule has 2 aliphatic rings. The van der Waals surface area contributed by atoms with Crippen molar-refractivity contribution in [3.8, 4) is 0 Å². The second-order valence-electron chi connectivity index (χ2n) is 8.15. The number of sulfonamides is 1. The largest absolute Gasteiger partial charge is 0.379 e. The van der Waals surface area contributed by atoms with Crippen molar-refractivity contribution < 1.29 is 17.9 Å². The zero-order chi connectivity index (χ0) is 22.6. The van der Waals surface area contributed by atoms with Crippen LogP contribution < -0.4 is 5.32 Å². The number of benzene rings is 2. The molecular formula is C23H28ClN3O4S. The van der Waals surface area contributed by atoms with E-state index in [4.69, 9.17) is 16.3 Å². The van der Waals surface area contributed by atoms with Crippen LogP contribution in [0, 0.1) is 0 Å². The molecule has 0 spiro atoms. The number of carbonyl (C=O) groups excluding carboxylic acids is 1. The Hall–Kier alpha value is -1.97. The molecule has 2 aliphatic heterocycles. The lowest BCUT2D eigenvalue weighted by atomic mass is 10.1. The number of hydrogen-bond acceptors (Lipinski definition) is 5. The molecule has 2 aromatic rings. The van der Waals surface area contributed by atoms with Gasteiger partial charge < -0.3 is 10.1 Å². The summed E-state index contributed by atoms with van der Waals surface area (Å²) in [5, 5.41) is 3.03. The number of morpholine rings is 1. The lowest BCUT2D eigenvalue weighted by molar-refractivity contribution is 0.0342. The van der Waals surface area contributed by atoms with Crippen LogP contribution in [-0.4, -0.2) is 62.9 Å². The number of nitrogens with one attached hydrogen (secondary N) is 1. The van der Waals surface area contributed by atoms with E-state index >= 15 is 0 Å². The maximum Gasteiger partial charge on any atom is 0.257 e. The molecule has 1 amide bonds. The minimum Gasteiger partial charge on any atom is -0.379 e. The van der Waals surface area contributed by atoms with Gasteiger partial charge in [-0.3, -0.25) is 9.69 Å². The Morgan fingerprint density at radius 1 is 0.969 bits per heavy atom. The van der Waals surface area contributed by atoms with Gasteiger partial charge in [0.15, 0.2) is 0 Å². The van der Waals surface area contributed by atoms with Gasteiger partial charge in [-0.25, -0.2) is 8.42 Å². The van der Waals surface area contributed by atoms with Crippen LogP contribution in [0.1, 0.15) is 35.2 Å². The molecule has 0 radical (unpaired) electrons. The molecule has 9 heteroatoms. The molecular weight excluding hydrogens is 450 g/mol. The third-order valence-corrected chi connectivity index (χ3v) is 8.08. The topological polar surface area (TPSA) is 79.0 Å². The predicted molar refractivity (Wildman–Crippen MR) is 125 cm³/mol. The van der Waals surface area contributed by atoms with Crippen molar-refractivity contribution in [1.82, 2.24) is 9.21 Å². The Balaban J connectivity index is 1.45. The molecule has 2 fully saturated rings. The van der Waals surface area contributed by atoms with E-state index in [0.717, 1.165) is 57.7 Å². The highest BCUT2D eigenvalue weighted by atomic mass is 35.5. The average molecular weight is 478 g/mol. The number of piperidine rings is 1. The summed E-state index contributed by atoms with van der Waals surface area (Å²) in [6.07, 6.45) is 2.73. The fourth-order valence-corrected chi connectivity index (χ4v) is 5.75. The third kappa shape index (κ3) is 5.50. The minimum atomic E-state index is -3.65. The van der Waals surface area contributed by atoms with Gasteiger partial charge in [0.2, 0.25) is 10.0 Å². The molecule has 0 bridgehead atoms. The lowest BCUT2D eigenvalue weighted by Crippen LogP contribution is -2.35. The third-order valence-electron chi connectivity index (χ3n) is 5.86. The van der Waals surface area contributed by atoms with Crippen LogP contribution in [0.25, 0.3) is 0 Å². The van der Waals surface area contributed by atoms with E-state index < -0.39 is 15.9 Å². The van der Waals surface area contributed by atoms with Gasteiger partial charge in [0, 0.05) is 38.4 Å². The van der Waals surface area contributed by atoms with Crippen molar-refractivity contribution in [2.24, 2.45) is 0 Å². The molecule has 2 saturated heterocycles. The van der Waals surface area contributed by atoms with E-state index in [0.29, 0.717) is 18.8 Å². The summed E-state index contributed by atoms with van der Waals surface area (Å²) < 4.78 is 32.8. The van der Waals surface area contributed by atoms with Gasteiger partial charge in [0.05, 0.1) is 28.7 Å². The number of rotatable bonds is 6. The maximum atomic E-state index is 13.0. The number of nitrogens with zero attached hydrogens (tertiary/aromatic N) is 2. The van der Waals surface area contributed by atoms with Crippen LogP contribution >= 0.6 is 11.6 Å². The van der Waals surface area contributed by atoms with E-state index in [9.17, 15) is 13.2 Å². The summed E-state index contributed by atoms with van der Waals surface area (Å²) in [7, 11) is -3.65. The first kappa shape index (κ1) is 23.2. The summed E-state index contributed by atoms with van der Waals surface area (Å²) in [4.78, 5) is 15.3. The van der Waals surface area contributed by atoms with Crippen molar-refractivity contribution in [3.63, 3.8) is 0 Å². The Morgan fingerprint density at radius 3 is 2.34 bits per heavy atom. The second-order valence-corrected chi connectivity index (χ2v) is 10.5.